The number of Topliss-reactive ketones (excluding diaryl/α,β-unsaturated/α-hetero) is 1. The number of hydrogen-bond acceptors (Lipinski definition) is 7. The number of hydrogen-bond donors (Lipinski definition) is 3. The molecule has 3 amide bonds. The molecule has 11 nitrogen and oxygen atoms in total. The number of rotatable bonds is 11. The van der Waals surface area contributed by atoms with Gasteiger partial charge in [-0.1, -0.05) is 6.42 Å². The summed E-state index contributed by atoms with van der Waals surface area (Å²) in [5.74, 6) is -13.8. The largest absolute Gasteiger partial charge is 0.481 e. The van der Waals surface area contributed by atoms with Gasteiger partial charge in [0.2, 0.25) is 29.4 Å². The van der Waals surface area contributed by atoms with Crippen LogP contribution in [-0.4, -0.2) is 85.0 Å². The van der Waals surface area contributed by atoms with Crippen molar-refractivity contribution in [2.45, 2.75) is 31.7 Å². The zero-order chi connectivity index (χ0) is 28.0. The normalized spacial score (nSPS) is 17.1. The molecule has 0 aromatic heterocycles. The Labute approximate surface area is 213 Å². The molecule has 1 aliphatic heterocycles. The SMILES string of the molecule is O=C(O)CC(NC(=O)C1(C(=O)NCC(=O)N2CCOCC2)CCC1)C(=O)COc1c(F)c(F)cc(F)c1F. The molecule has 1 unspecified atom stereocenters. The van der Waals surface area contributed by atoms with Crippen LogP contribution in [0.1, 0.15) is 25.7 Å². The van der Waals surface area contributed by atoms with Crippen molar-refractivity contribution >= 4 is 29.5 Å². The molecule has 3 rings (SSSR count). The third-order valence-corrected chi connectivity index (χ3v) is 6.34. The van der Waals surface area contributed by atoms with E-state index in [4.69, 9.17) is 9.84 Å². The van der Waals surface area contributed by atoms with Crippen molar-refractivity contribution in [3.63, 3.8) is 0 Å². The lowest BCUT2D eigenvalue weighted by atomic mass is 9.67. The van der Waals surface area contributed by atoms with Crippen molar-refractivity contribution in [2.75, 3.05) is 39.5 Å². The number of nitrogens with one attached hydrogen (secondary N) is 2. The topological polar surface area (TPSA) is 151 Å². The van der Waals surface area contributed by atoms with Crippen LogP contribution in [0.2, 0.25) is 0 Å². The van der Waals surface area contributed by atoms with Crippen LogP contribution < -0.4 is 15.4 Å². The average Bonchev–Trinajstić information content (AvgIpc) is 2.85. The van der Waals surface area contributed by atoms with Crippen molar-refractivity contribution in [3.05, 3.63) is 29.3 Å². The van der Waals surface area contributed by atoms with E-state index in [1.54, 1.807) is 0 Å². The van der Waals surface area contributed by atoms with Crippen molar-refractivity contribution in [1.82, 2.24) is 15.5 Å². The van der Waals surface area contributed by atoms with Crippen LogP contribution in [-0.2, 0) is 28.7 Å². The highest BCUT2D eigenvalue weighted by Crippen LogP contribution is 2.41. The Morgan fingerprint density at radius 3 is 2.16 bits per heavy atom. The van der Waals surface area contributed by atoms with Gasteiger partial charge in [0.15, 0.2) is 23.2 Å². The summed E-state index contributed by atoms with van der Waals surface area (Å²) >= 11 is 0. The first-order valence-corrected chi connectivity index (χ1v) is 11.6. The summed E-state index contributed by atoms with van der Waals surface area (Å²) in [5, 5.41) is 13.7. The Balaban J connectivity index is 1.65. The molecule has 3 N–H and O–H groups in total. The molecule has 2 aliphatic rings. The number of halogens is 4. The molecule has 1 heterocycles. The van der Waals surface area contributed by atoms with Gasteiger partial charge >= 0.3 is 5.97 Å². The number of ether oxygens (including phenoxy) is 2. The number of ketones is 1. The Morgan fingerprint density at radius 1 is 1.03 bits per heavy atom. The first-order valence-electron chi connectivity index (χ1n) is 11.6. The fraction of sp³-hybridized carbons (Fsp3) is 0.522. The van der Waals surface area contributed by atoms with Crippen LogP contribution in [0.4, 0.5) is 17.6 Å². The number of nitrogens with zero attached hydrogens (tertiary/aromatic N) is 1. The van der Waals surface area contributed by atoms with Crippen molar-refractivity contribution in [3.8, 4) is 5.75 Å². The monoisotopic (exact) mass is 547 g/mol. The number of carbonyl (C=O) groups is 5. The van der Waals surface area contributed by atoms with Gasteiger partial charge in [0.25, 0.3) is 0 Å². The minimum Gasteiger partial charge on any atom is -0.481 e. The molecule has 208 valence electrons. The van der Waals surface area contributed by atoms with Crippen LogP contribution in [0.15, 0.2) is 6.07 Å². The van der Waals surface area contributed by atoms with E-state index in [9.17, 15) is 41.5 Å². The first kappa shape index (κ1) is 28.8. The van der Waals surface area contributed by atoms with Crippen LogP contribution in [0.25, 0.3) is 0 Å². The third-order valence-electron chi connectivity index (χ3n) is 6.34. The number of carboxylic acid groups (broad SMARTS) is 1. The van der Waals surface area contributed by atoms with Crippen LogP contribution in [0.3, 0.4) is 0 Å². The molecule has 0 radical (unpaired) electrons. The second-order valence-electron chi connectivity index (χ2n) is 8.79. The lowest BCUT2D eigenvalue weighted by molar-refractivity contribution is -0.152. The maximum absolute atomic E-state index is 13.8. The van der Waals surface area contributed by atoms with E-state index in [1.165, 1.54) is 4.90 Å². The van der Waals surface area contributed by atoms with Gasteiger partial charge in [0.05, 0.1) is 26.2 Å². The molecule has 0 spiro atoms. The summed E-state index contributed by atoms with van der Waals surface area (Å²) in [7, 11) is 0. The highest BCUT2D eigenvalue weighted by molar-refractivity contribution is 6.08. The molecular weight excluding hydrogens is 522 g/mol. The summed E-state index contributed by atoms with van der Waals surface area (Å²) < 4.78 is 64.1. The second-order valence-corrected chi connectivity index (χ2v) is 8.79. The van der Waals surface area contributed by atoms with E-state index in [0.717, 1.165) is 0 Å². The molecule has 1 aliphatic carbocycles. The molecule has 15 heteroatoms. The average molecular weight is 547 g/mol. The van der Waals surface area contributed by atoms with Crippen LogP contribution in [0.5, 0.6) is 5.75 Å². The minimum atomic E-state index is -1.91. The molecule has 2 fully saturated rings. The van der Waals surface area contributed by atoms with E-state index < -0.39 is 77.1 Å². The molecule has 1 aromatic carbocycles. The number of amides is 3. The molecule has 1 atom stereocenters. The number of benzene rings is 1. The van der Waals surface area contributed by atoms with Gasteiger partial charge in [0, 0.05) is 19.2 Å². The molecule has 1 saturated heterocycles. The molecular formula is C23H25F4N3O8. The number of carbonyl (C=O) groups excluding carboxylic acids is 4. The van der Waals surface area contributed by atoms with Gasteiger partial charge in [-0.15, -0.1) is 0 Å². The smallest absolute Gasteiger partial charge is 0.305 e. The summed E-state index contributed by atoms with van der Waals surface area (Å²) in [5.41, 5.74) is -1.67. The predicted octanol–water partition coefficient (Wildman–Crippen LogP) is 0.296. The minimum absolute atomic E-state index is 0.0554. The van der Waals surface area contributed by atoms with Crippen molar-refractivity contribution < 1.29 is 56.1 Å². The summed E-state index contributed by atoms with van der Waals surface area (Å²) in [6.45, 7) is -0.248. The zero-order valence-electron chi connectivity index (χ0n) is 20.0. The fourth-order valence-corrected chi connectivity index (χ4v) is 3.98. The number of morpholine rings is 1. The molecule has 1 saturated carbocycles. The second kappa shape index (κ2) is 12.2. The van der Waals surface area contributed by atoms with E-state index >= 15 is 0 Å². The number of aliphatic carboxylic acids is 1. The van der Waals surface area contributed by atoms with Gasteiger partial charge in [-0.05, 0) is 12.8 Å². The van der Waals surface area contributed by atoms with Crippen molar-refractivity contribution in [1.29, 1.82) is 0 Å². The van der Waals surface area contributed by atoms with Crippen molar-refractivity contribution in [2.24, 2.45) is 5.41 Å². The summed E-state index contributed by atoms with van der Waals surface area (Å²) in [4.78, 5) is 63.5. The van der Waals surface area contributed by atoms with Gasteiger partial charge in [-0.25, -0.2) is 8.78 Å². The lowest BCUT2D eigenvalue weighted by Crippen LogP contribution is -2.59. The molecule has 0 bridgehead atoms. The van der Waals surface area contributed by atoms with E-state index in [-0.39, 0.29) is 31.4 Å². The first-order chi connectivity index (χ1) is 18.0. The van der Waals surface area contributed by atoms with Gasteiger partial charge in [-0.2, -0.15) is 8.78 Å². The van der Waals surface area contributed by atoms with E-state index in [0.29, 0.717) is 32.7 Å². The fourth-order valence-electron chi connectivity index (χ4n) is 3.98. The Hall–Kier alpha value is -3.75. The van der Waals surface area contributed by atoms with Crippen LogP contribution >= 0.6 is 0 Å². The van der Waals surface area contributed by atoms with E-state index in [1.807, 2.05) is 0 Å². The number of carboxylic acids is 1. The van der Waals surface area contributed by atoms with Gasteiger partial charge in [0.1, 0.15) is 18.1 Å². The highest BCUT2D eigenvalue weighted by atomic mass is 19.2. The maximum Gasteiger partial charge on any atom is 0.305 e. The Bertz CT molecular complexity index is 1100. The van der Waals surface area contributed by atoms with E-state index in [2.05, 4.69) is 15.4 Å². The maximum atomic E-state index is 13.8. The quantitative estimate of drug-likeness (QED) is 0.203. The Kier molecular flexibility index (Phi) is 9.25. The molecule has 1 aromatic rings. The summed E-state index contributed by atoms with van der Waals surface area (Å²) in [6, 6.07) is -1.87. The lowest BCUT2D eigenvalue weighted by Gasteiger charge is -2.39. The molecule has 38 heavy (non-hydrogen) atoms. The predicted molar refractivity (Wildman–Crippen MR) is 118 cm³/mol. The van der Waals surface area contributed by atoms with Gasteiger partial charge in [-0.3, -0.25) is 24.0 Å². The standard InChI is InChI=1S/C23H25F4N3O8/c24-12-8-13(25)19(27)20(18(12)26)38-11-15(31)14(9-17(33)34)29-22(36)23(2-1-3-23)21(35)28-10-16(32)30-4-6-37-7-5-30/h8,14H,1-7,9-11H2,(H,28,35)(H,29,36)(H,33,34). The van der Waals surface area contributed by atoms with Crippen LogP contribution in [0, 0.1) is 28.7 Å². The summed E-state index contributed by atoms with van der Waals surface area (Å²) in [6.07, 6.45) is -0.411. The van der Waals surface area contributed by atoms with Gasteiger partial charge < -0.3 is 30.1 Å². The third kappa shape index (κ3) is 6.38. The highest BCUT2D eigenvalue weighted by Gasteiger charge is 2.51. The Morgan fingerprint density at radius 2 is 1.63 bits per heavy atom. The zero-order valence-corrected chi connectivity index (χ0v) is 20.0.